The van der Waals surface area contributed by atoms with Gasteiger partial charge in [0.1, 0.15) is 5.82 Å². The zero-order valence-electron chi connectivity index (χ0n) is 15.7. The number of hydrogen-bond donors (Lipinski definition) is 1. The van der Waals surface area contributed by atoms with E-state index < -0.39 is 10.0 Å². The van der Waals surface area contributed by atoms with Gasteiger partial charge in [-0.05, 0) is 42.8 Å². The Hall–Kier alpha value is -3.10. The molecule has 8 heteroatoms. The molecule has 2 aromatic carbocycles. The molecule has 0 amide bonds. The van der Waals surface area contributed by atoms with Crippen molar-refractivity contribution in [3.63, 3.8) is 0 Å². The van der Waals surface area contributed by atoms with Crippen molar-refractivity contribution in [3.8, 4) is 11.3 Å². The smallest absolute Gasteiger partial charge is 0.253 e. The monoisotopic (exact) mass is 413 g/mol. The maximum atomic E-state index is 13.0. The highest BCUT2D eigenvalue weighted by atomic mass is 32.2. The Morgan fingerprint density at radius 2 is 1.79 bits per heavy atom. The Kier molecular flexibility index (Phi) is 6.36. The predicted octanol–water partition coefficient (Wildman–Crippen LogP) is 2.95. The molecule has 0 unspecified atom stereocenters. The van der Waals surface area contributed by atoms with E-state index >= 15 is 0 Å². The first-order valence-electron chi connectivity index (χ1n) is 8.89. The van der Waals surface area contributed by atoms with E-state index in [9.17, 15) is 17.6 Å². The summed E-state index contributed by atoms with van der Waals surface area (Å²) in [6.07, 6.45) is 2.85. The fourth-order valence-corrected chi connectivity index (χ4v) is 3.38. The fourth-order valence-electron chi connectivity index (χ4n) is 2.57. The predicted molar refractivity (Wildman–Crippen MR) is 111 cm³/mol. The van der Waals surface area contributed by atoms with Gasteiger partial charge in [-0.3, -0.25) is 9.36 Å². The van der Waals surface area contributed by atoms with Gasteiger partial charge in [0.2, 0.25) is 10.0 Å². The summed E-state index contributed by atoms with van der Waals surface area (Å²) < 4.78 is 40.9. The van der Waals surface area contributed by atoms with Crippen molar-refractivity contribution in [2.45, 2.75) is 13.5 Å². The number of hydrogen-bond acceptors (Lipinski definition) is 4. The summed E-state index contributed by atoms with van der Waals surface area (Å²) in [5, 5.41) is 1.09. The van der Waals surface area contributed by atoms with Gasteiger partial charge in [0.15, 0.2) is 0 Å². The first kappa shape index (κ1) is 20.6. The molecule has 6 nitrogen and oxygen atoms in total. The summed E-state index contributed by atoms with van der Waals surface area (Å²) >= 11 is 0. The minimum Gasteiger partial charge on any atom is -0.298 e. The van der Waals surface area contributed by atoms with E-state index in [4.69, 9.17) is 0 Å². The summed E-state index contributed by atoms with van der Waals surface area (Å²) in [6, 6.07) is 14.4. The summed E-state index contributed by atoms with van der Waals surface area (Å²) in [5.74, 6) is -0.370. The number of sulfonamides is 1. The quantitative estimate of drug-likeness (QED) is 0.646. The third kappa shape index (κ3) is 5.94. The molecule has 1 N–H and O–H groups in total. The Morgan fingerprint density at radius 1 is 1.10 bits per heavy atom. The molecular weight excluding hydrogens is 393 g/mol. The van der Waals surface area contributed by atoms with E-state index in [-0.39, 0.29) is 24.5 Å². The van der Waals surface area contributed by atoms with Gasteiger partial charge in [-0.25, -0.2) is 22.5 Å². The van der Waals surface area contributed by atoms with Crippen molar-refractivity contribution >= 4 is 16.1 Å². The molecule has 1 aromatic heterocycles. The molecule has 1 heterocycles. The highest BCUT2D eigenvalue weighted by molar-refractivity contribution is 7.92. The number of rotatable bonds is 7. The third-order valence-electron chi connectivity index (χ3n) is 4.19. The van der Waals surface area contributed by atoms with Gasteiger partial charge in [0.05, 0.1) is 12.0 Å². The molecule has 29 heavy (non-hydrogen) atoms. The lowest BCUT2D eigenvalue weighted by molar-refractivity contribution is 0.577. The Morgan fingerprint density at radius 3 is 2.45 bits per heavy atom. The molecule has 3 rings (SSSR count). The van der Waals surface area contributed by atoms with Crippen LogP contribution < -0.4 is 10.3 Å². The van der Waals surface area contributed by atoms with Gasteiger partial charge in [-0.15, -0.1) is 0 Å². The maximum Gasteiger partial charge on any atom is 0.253 e. The molecule has 0 radical (unpaired) electrons. The van der Waals surface area contributed by atoms with Gasteiger partial charge < -0.3 is 0 Å². The SMILES string of the molecule is Cc1ccc(/C=C/S(=O)(=O)NCCn2cnc(-c3ccc(F)cc3)cc2=O)cc1. The van der Waals surface area contributed by atoms with E-state index in [1.54, 1.807) is 0 Å². The van der Waals surface area contributed by atoms with Crippen molar-refractivity contribution in [2.24, 2.45) is 0 Å². The molecule has 0 saturated heterocycles. The van der Waals surface area contributed by atoms with Gasteiger partial charge in [0.25, 0.3) is 5.56 Å². The van der Waals surface area contributed by atoms with Crippen molar-refractivity contribution < 1.29 is 12.8 Å². The van der Waals surface area contributed by atoms with Crippen LogP contribution in [0.2, 0.25) is 0 Å². The molecule has 0 aliphatic rings. The van der Waals surface area contributed by atoms with E-state index in [2.05, 4.69) is 9.71 Å². The standard InChI is InChI=1S/C21H20FN3O3S/c1-16-2-4-17(5-3-16)10-13-29(27,28)24-11-12-25-15-23-20(14-21(25)26)18-6-8-19(22)9-7-18/h2-10,13-15,24H,11-12H2,1H3/b13-10+. The second-order valence-corrected chi connectivity index (χ2v) is 8.12. The molecule has 0 fully saturated rings. The first-order valence-corrected chi connectivity index (χ1v) is 10.4. The molecule has 0 atom stereocenters. The Bertz CT molecular complexity index is 1170. The largest absolute Gasteiger partial charge is 0.298 e. The lowest BCUT2D eigenvalue weighted by Crippen LogP contribution is -2.29. The van der Waals surface area contributed by atoms with Crippen LogP contribution >= 0.6 is 0 Å². The summed E-state index contributed by atoms with van der Waals surface area (Å²) in [5.41, 5.74) is 2.59. The van der Waals surface area contributed by atoms with Gasteiger partial charge in [0, 0.05) is 30.1 Å². The molecular formula is C21H20FN3O3S. The van der Waals surface area contributed by atoms with Crippen LogP contribution in [0.1, 0.15) is 11.1 Å². The number of nitrogens with zero attached hydrogens (tertiary/aromatic N) is 2. The molecule has 0 bridgehead atoms. The van der Waals surface area contributed by atoms with Crippen LogP contribution in [0.5, 0.6) is 0 Å². The van der Waals surface area contributed by atoms with E-state index in [0.29, 0.717) is 11.3 Å². The van der Waals surface area contributed by atoms with Gasteiger partial charge in [-0.1, -0.05) is 29.8 Å². The van der Waals surface area contributed by atoms with E-state index in [1.807, 2.05) is 31.2 Å². The summed E-state index contributed by atoms with van der Waals surface area (Å²) in [4.78, 5) is 16.4. The van der Waals surface area contributed by atoms with Crippen LogP contribution in [0, 0.1) is 12.7 Å². The van der Waals surface area contributed by atoms with Crippen molar-refractivity contribution in [1.82, 2.24) is 14.3 Å². The average molecular weight is 413 g/mol. The van der Waals surface area contributed by atoms with Gasteiger partial charge in [-0.2, -0.15) is 0 Å². The van der Waals surface area contributed by atoms with Crippen LogP contribution in [0.15, 0.2) is 71.1 Å². The minimum absolute atomic E-state index is 0.0397. The van der Waals surface area contributed by atoms with E-state index in [1.165, 1.54) is 47.3 Å². The summed E-state index contributed by atoms with van der Waals surface area (Å²) in [7, 11) is -3.63. The zero-order chi connectivity index (χ0) is 20.9. The number of aromatic nitrogens is 2. The molecule has 0 aliphatic heterocycles. The van der Waals surface area contributed by atoms with Crippen molar-refractivity contribution in [3.05, 3.63) is 93.6 Å². The van der Waals surface area contributed by atoms with Crippen LogP contribution in [-0.2, 0) is 16.6 Å². The number of benzene rings is 2. The fraction of sp³-hybridized carbons (Fsp3) is 0.143. The van der Waals surface area contributed by atoms with Crippen LogP contribution in [0.4, 0.5) is 4.39 Å². The van der Waals surface area contributed by atoms with Crippen LogP contribution in [0.25, 0.3) is 17.3 Å². The molecule has 0 spiro atoms. The topological polar surface area (TPSA) is 81.1 Å². The Labute approximate surface area is 168 Å². The van der Waals surface area contributed by atoms with Crippen LogP contribution in [0.3, 0.4) is 0 Å². The molecule has 0 saturated carbocycles. The minimum atomic E-state index is -3.63. The number of halogens is 1. The molecule has 150 valence electrons. The lowest BCUT2D eigenvalue weighted by atomic mass is 10.1. The number of nitrogens with one attached hydrogen (secondary N) is 1. The average Bonchev–Trinajstić information content (AvgIpc) is 2.69. The van der Waals surface area contributed by atoms with Gasteiger partial charge >= 0.3 is 0 Å². The highest BCUT2D eigenvalue weighted by Crippen LogP contribution is 2.15. The third-order valence-corrected chi connectivity index (χ3v) is 5.29. The first-order chi connectivity index (χ1) is 13.8. The lowest BCUT2D eigenvalue weighted by Gasteiger charge is -2.07. The van der Waals surface area contributed by atoms with E-state index in [0.717, 1.165) is 16.5 Å². The summed E-state index contributed by atoms with van der Waals surface area (Å²) in [6.45, 7) is 2.12. The van der Waals surface area contributed by atoms with Crippen molar-refractivity contribution in [1.29, 1.82) is 0 Å². The second-order valence-electron chi connectivity index (χ2n) is 6.47. The van der Waals surface area contributed by atoms with Crippen molar-refractivity contribution in [2.75, 3.05) is 6.54 Å². The molecule has 3 aromatic rings. The maximum absolute atomic E-state index is 13.0. The Balaban J connectivity index is 1.60. The normalized spacial score (nSPS) is 11.8. The number of aryl methyl sites for hydroxylation is 1. The van der Waals surface area contributed by atoms with Crippen LogP contribution in [-0.4, -0.2) is 24.5 Å². The zero-order valence-corrected chi connectivity index (χ0v) is 16.6. The second kappa shape index (κ2) is 8.93. The highest BCUT2D eigenvalue weighted by Gasteiger charge is 2.07. The molecule has 0 aliphatic carbocycles.